The smallest absolute Gasteiger partial charge is 0.260 e. The van der Waals surface area contributed by atoms with E-state index in [1.807, 2.05) is 0 Å². The standard InChI is InChI=1S/C21H24ClFN2O3/c1-15(28-19-8-4-17(22)5-9-19)21(26)24-14-20(25-10-12-27-13-11-25)16-2-6-18(23)7-3-16/h2-9,15,20H,10-14H2,1H3,(H,24,26). The number of morpholine rings is 1. The molecule has 1 amide bonds. The Hall–Kier alpha value is -2.15. The number of benzene rings is 2. The third-order valence-electron chi connectivity index (χ3n) is 4.71. The maximum Gasteiger partial charge on any atom is 0.260 e. The van der Waals surface area contributed by atoms with Gasteiger partial charge >= 0.3 is 0 Å². The van der Waals surface area contributed by atoms with Gasteiger partial charge in [-0.05, 0) is 48.9 Å². The summed E-state index contributed by atoms with van der Waals surface area (Å²) in [5.74, 6) is 0.0872. The number of nitrogens with one attached hydrogen (secondary N) is 1. The minimum absolute atomic E-state index is 0.0591. The van der Waals surface area contributed by atoms with Crippen molar-refractivity contribution in [3.05, 3.63) is 64.9 Å². The number of halogens is 2. The maximum atomic E-state index is 13.3. The van der Waals surface area contributed by atoms with Crippen LogP contribution in [0.4, 0.5) is 4.39 Å². The minimum Gasteiger partial charge on any atom is -0.481 e. The molecular formula is C21H24ClFN2O3. The van der Waals surface area contributed by atoms with Gasteiger partial charge in [0.15, 0.2) is 6.10 Å². The molecule has 0 radical (unpaired) electrons. The molecule has 2 aromatic carbocycles. The summed E-state index contributed by atoms with van der Waals surface area (Å²) in [7, 11) is 0. The van der Waals surface area contributed by atoms with E-state index in [9.17, 15) is 9.18 Å². The molecule has 0 aliphatic carbocycles. The fourth-order valence-electron chi connectivity index (χ4n) is 3.14. The summed E-state index contributed by atoms with van der Waals surface area (Å²) in [6.45, 7) is 4.90. The van der Waals surface area contributed by atoms with Gasteiger partial charge in [-0.2, -0.15) is 0 Å². The molecule has 2 aromatic rings. The second-order valence-electron chi connectivity index (χ2n) is 6.67. The molecule has 1 heterocycles. The summed E-state index contributed by atoms with van der Waals surface area (Å²) in [5.41, 5.74) is 0.954. The van der Waals surface area contributed by atoms with Gasteiger partial charge in [0.1, 0.15) is 11.6 Å². The molecule has 1 aliphatic rings. The van der Waals surface area contributed by atoms with Crippen LogP contribution in [0.2, 0.25) is 5.02 Å². The van der Waals surface area contributed by atoms with Gasteiger partial charge in [0.2, 0.25) is 0 Å². The highest BCUT2D eigenvalue weighted by atomic mass is 35.5. The molecular weight excluding hydrogens is 383 g/mol. The lowest BCUT2D eigenvalue weighted by Gasteiger charge is -2.35. The first-order valence-corrected chi connectivity index (χ1v) is 9.68. The number of hydrogen-bond acceptors (Lipinski definition) is 4. The first kappa shape index (κ1) is 20.6. The molecule has 1 saturated heterocycles. The predicted molar refractivity (Wildman–Crippen MR) is 106 cm³/mol. The van der Waals surface area contributed by atoms with Crippen LogP contribution in [0.1, 0.15) is 18.5 Å². The minimum atomic E-state index is -0.653. The van der Waals surface area contributed by atoms with Crippen molar-refractivity contribution < 1.29 is 18.7 Å². The van der Waals surface area contributed by atoms with Gasteiger partial charge in [-0.1, -0.05) is 23.7 Å². The third-order valence-corrected chi connectivity index (χ3v) is 4.96. The average molecular weight is 407 g/mol. The molecule has 0 bridgehead atoms. The van der Waals surface area contributed by atoms with E-state index in [2.05, 4.69) is 10.2 Å². The summed E-state index contributed by atoms with van der Waals surface area (Å²) >= 11 is 5.87. The number of hydrogen-bond donors (Lipinski definition) is 1. The lowest BCUT2D eigenvalue weighted by atomic mass is 10.0. The van der Waals surface area contributed by atoms with Gasteiger partial charge in [0.25, 0.3) is 5.91 Å². The Morgan fingerprint density at radius 2 is 1.82 bits per heavy atom. The fraction of sp³-hybridized carbons (Fsp3) is 0.381. The molecule has 0 saturated carbocycles. The Bertz CT molecular complexity index is 764. The zero-order valence-electron chi connectivity index (χ0n) is 15.7. The predicted octanol–water partition coefficient (Wildman–Crippen LogP) is 3.44. The Morgan fingerprint density at radius 1 is 1.18 bits per heavy atom. The van der Waals surface area contributed by atoms with Gasteiger partial charge in [-0.15, -0.1) is 0 Å². The van der Waals surface area contributed by atoms with E-state index in [0.717, 1.165) is 18.7 Å². The first-order valence-electron chi connectivity index (χ1n) is 9.30. The molecule has 5 nitrogen and oxygen atoms in total. The molecule has 1 aliphatic heterocycles. The van der Waals surface area contributed by atoms with Crippen molar-refractivity contribution in [3.8, 4) is 5.75 Å². The van der Waals surface area contributed by atoms with Crippen LogP contribution in [0.15, 0.2) is 48.5 Å². The molecule has 7 heteroatoms. The second-order valence-corrected chi connectivity index (χ2v) is 7.11. The molecule has 150 valence electrons. The average Bonchev–Trinajstić information content (AvgIpc) is 2.71. The van der Waals surface area contributed by atoms with E-state index < -0.39 is 6.10 Å². The molecule has 1 N–H and O–H groups in total. The lowest BCUT2D eigenvalue weighted by molar-refractivity contribution is -0.127. The summed E-state index contributed by atoms with van der Waals surface area (Å²) in [6.07, 6.45) is -0.653. The van der Waals surface area contributed by atoms with Crippen molar-refractivity contribution in [2.24, 2.45) is 0 Å². The van der Waals surface area contributed by atoms with E-state index >= 15 is 0 Å². The van der Waals surface area contributed by atoms with Crippen molar-refractivity contribution in [3.63, 3.8) is 0 Å². The van der Waals surface area contributed by atoms with Crippen LogP contribution in [-0.4, -0.2) is 49.8 Å². The zero-order valence-corrected chi connectivity index (χ0v) is 16.5. The van der Waals surface area contributed by atoms with Crippen LogP contribution in [0.5, 0.6) is 5.75 Å². The van der Waals surface area contributed by atoms with Crippen LogP contribution in [0.3, 0.4) is 0 Å². The molecule has 1 fully saturated rings. The van der Waals surface area contributed by atoms with Crippen molar-refractivity contribution >= 4 is 17.5 Å². The fourth-order valence-corrected chi connectivity index (χ4v) is 3.27. The highest BCUT2D eigenvalue weighted by molar-refractivity contribution is 6.30. The van der Waals surface area contributed by atoms with Crippen molar-refractivity contribution in [2.45, 2.75) is 19.1 Å². The van der Waals surface area contributed by atoms with E-state index in [-0.39, 0.29) is 17.8 Å². The summed E-state index contributed by atoms with van der Waals surface area (Å²) in [4.78, 5) is 14.8. The molecule has 0 aromatic heterocycles. The van der Waals surface area contributed by atoms with Crippen LogP contribution < -0.4 is 10.1 Å². The molecule has 2 atom stereocenters. The zero-order chi connectivity index (χ0) is 19.9. The maximum absolute atomic E-state index is 13.3. The largest absolute Gasteiger partial charge is 0.481 e. The van der Waals surface area contributed by atoms with Crippen LogP contribution in [-0.2, 0) is 9.53 Å². The van der Waals surface area contributed by atoms with Gasteiger partial charge in [0, 0.05) is 24.7 Å². The Labute approximate surface area is 169 Å². The number of carbonyl (C=O) groups is 1. The quantitative estimate of drug-likeness (QED) is 0.765. The Balaban J connectivity index is 1.62. The number of amides is 1. The van der Waals surface area contributed by atoms with Crippen LogP contribution >= 0.6 is 11.6 Å². The summed E-state index contributed by atoms with van der Waals surface area (Å²) in [6, 6.07) is 13.2. The highest BCUT2D eigenvalue weighted by Crippen LogP contribution is 2.22. The van der Waals surface area contributed by atoms with Gasteiger partial charge in [-0.3, -0.25) is 9.69 Å². The van der Waals surface area contributed by atoms with Crippen LogP contribution in [0, 0.1) is 5.82 Å². The summed E-state index contributed by atoms with van der Waals surface area (Å²) in [5, 5.41) is 3.57. The number of rotatable bonds is 7. The number of carbonyl (C=O) groups excluding carboxylic acids is 1. The van der Waals surface area contributed by atoms with Gasteiger partial charge < -0.3 is 14.8 Å². The first-order chi connectivity index (χ1) is 13.5. The molecule has 28 heavy (non-hydrogen) atoms. The lowest BCUT2D eigenvalue weighted by Crippen LogP contribution is -2.45. The van der Waals surface area contributed by atoms with E-state index in [1.165, 1.54) is 12.1 Å². The number of ether oxygens (including phenoxy) is 2. The SMILES string of the molecule is CC(Oc1ccc(Cl)cc1)C(=O)NCC(c1ccc(F)cc1)N1CCOCC1. The van der Waals surface area contributed by atoms with Gasteiger partial charge in [-0.25, -0.2) is 4.39 Å². The van der Waals surface area contributed by atoms with E-state index in [4.69, 9.17) is 21.1 Å². The third kappa shape index (κ3) is 5.67. The second kappa shape index (κ2) is 9.87. The molecule has 0 spiro atoms. The molecule has 3 rings (SSSR count). The van der Waals surface area contributed by atoms with E-state index in [0.29, 0.717) is 30.5 Å². The van der Waals surface area contributed by atoms with Gasteiger partial charge in [0.05, 0.1) is 19.3 Å². The monoisotopic (exact) mass is 406 g/mol. The normalized spacial score (nSPS) is 17.0. The summed E-state index contributed by atoms with van der Waals surface area (Å²) < 4.78 is 24.4. The Kier molecular flexibility index (Phi) is 7.25. The number of nitrogens with zero attached hydrogens (tertiary/aromatic N) is 1. The van der Waals surface area contributed by atoms with Crippen molar-refractivity contribution in [1.82, 2.24) is 10.2 Å². The topological polar surface area (TPSA) is 50.8 Å². The van der Waals surface area contributed by atoms with Crippen molar-refractivity contribution in [2.75, 3.05) is 32.8 Å². The van der Waals surface area contributed by atoms with Crippen LogP contribution in [0.25, 0.3) is 0 Å². The van der Waals surface area contributed by atoms with Crippen molar-refractivity contribution in [1.29, 1.82) is 0 Å². The highest BCUT2D eigenvalue weighted by Gasteiger charge is 2.24. The molecule has 2 unspecified atom stereocenters. The van der Waals surface area contributed by atoms with E-state index in [1.54, 1.807) is 43.3 Å². The Morgan fingerprint density at radius 3 is 2.46 bits per heavy atom.